The van der Waals surface area contributed by atoms with Gasteiger partial charge in [0.25, 0.3) is 17.7 Å². The molecule has 1 aliphatic rings. The molecule has 0 unspecified atom stereocenters. The van der Waals surface area contributed by atoms with E-state index in [1.54, 1.807) is 36.1 Å². The summed E-state index contributed by atoms with van der Waals surface area (Å²) in [6.45, 7) is 12.4. The first-order valence-electron chi connectivity index (χ1n) is 13.0. The van der Waals surface area contributed by atoms with Gasteiger partial charge < -0.3 is 19.9 Å². The summed E-state index contributed by atoms with van der Waals surface area (Å²) in [5, 5.41) is 10.5. The van der Waals surface area contributed by atoms with E-state index in [0.717, 1.165) is 18.7 Å². The molecule has 3 amide bonds. The monoisotopic (exact) mass is 548 g/mol. The third kappa shape index (κ3) is 6.89. The third-order valence-corrected chi connectivity index (χ3v) is 6.43. The summed E-state index contributed by atoms with van der Waals surface area (Å²) in [7, 11) is 1.51. The van der Waals surface area contributed by atoms with Crippen molar-refractivity contribution in [2.75, 3.05) is 44.7 Å². The first kappa shape index (κ1) is 30.0. The topological polar surface area (TPSA) is 145 Å². The molecule has 2 aromatic rings. The number of aryl methyl sites for hydroxylation is 1. The molecule has 3 N–H and O–H groups in total. The Balaban J connectivity index is 2.02. The molecule has 12 heteroatoms. The van der Waals surface area contributed by atoms with E-state index < -0.39 is 5.91 Å². The highest BCUT2D eigenvalue weighted by molar-refractivity contribution is 6.07. The molecule has 1 saturated heterocycles. The Labute approximate surface area is 233 Å². The standard InChI is InChI=1S/C28H36N8O4/c1-6-14-35(21-9-11-23(19(3)17-21)27(38)34-15-12-30-13-16-34)28(39)25-18-24(26(37)31-33-29)32-36(25)20(4)8-10-22(7-2)40-5/h7-11,17-18,30H,2,6,12-16H2,1,3-5H3,(H2,29,31,37)/b20-8+,22-10+. The molecular weight excluding hydrogens is 512 g/mol. The molecule has 1 aromatic carbocycles. The number of piperazine rings is 1. The molecule has 40 heavy (non-hydrogen) atoms. The average Bonchev–Trinajstić information content (AvgIpc) is 3.42. The summed E-state index contributed by atoms with van der Waals surface area (Å²) in [6.07, 6.45) is 5.55. The summed E-state index contributed by atoms with van der Waals surface area (Å²) in [5.74, 6) is -0.632. The lowest BCUT2D eigenvalue weighted by Crippen LogP contribution is -2.46. The number of hydrogen-bond acceptors (Lipinski definition) is 8. The van der Waals surface area contributed by atoms with Gasteiger partial charge in [-0.15, -0.1) is 0 Å². The highest BCUT2D eigenvalue weighted by Gasteiger charge is 2.26. The number of nitrogens with zero attached hydrogens (tertiary/aromatic N) is 5. The minimum Gasteiger partial charge on any atom is -0.497 e. The second kappa shape index (κ2) is 14.0. The van der Waals surface area contributed by atoms with Gasteiger partial charge in [-0.05, 0) is 62.3 Å². The molecule has 12 nitrogen and oxygen atoms in total. The number of nitrogens with one attached hydrogen (secondary N) is 3. The Morgan fingerprint density at radius 3 is 2.58 bits per heavy atom. The number of hydrogen-bond donors (Lipinski definition) is 3. The van der Waals surface area contributed by atoms with E-state index in [4.69, 9.17) is 10.3 Å². The number of rotatable bonds is 11. The summed E-state index contributed by atoms with van der Waals surface area (Å²) >= 11 is 0. The van der Waals surface area contributed by atoms with Crippen LogP contribution in [0.5, 0.6) is 0 Å². The van der Waals surface area contributed by atoms with Crippen molar-refractivity contribution >= 4 is 29.1 Å². The first-order chi connectivity index (χ1) is 19.2. The van der Waals surface area contributed by atoms with Crippen LogP contribution in [0.1, 0.15) is 57.2 Å². The van der Waals surface area contributed by atoms with Gasteiger partial charge in [0.2, 0.25) is 0 Å². The molecule has 3 rings (SSSR count). The van der Waals surface area contributed by atoms with Crippen LogP contribution >= 0.6 is 0 Å². The first-order valence-corrected chi connectivity index (χ1v) is 13.0. The second-order valence-electron chi connectivity index (χ2n) is 9.16. The molecule has 2 heterocycles. The Hall–Kier alpha value is -4.58. The van der Waals surface area contributed by atoms with E-state index in [9.17, 15) is 14.4 Å². The van der Waals surface area contributed by atoms with Gasteiger partial charge >= 0.3 is 0 Å². The van der Waals surface area contributed by atoms with Crippen molar-refractivity contribution in [2.45, 2.75) is 27.2 Å². The zero-order valence-corrected chi connectivity index (χ0v) is 23.4. The predicted molar refractivity (Wildman–Crippen MR) is 152 cm³/mol. The number of ether oxygens (including phenoxy) is 1. The molecule has 0 aliphatic carbocycles. The Kier molecular flexibility index (Phi) is 10.5. The number of anilines is 1. The Bertz CT molecular complexity index is 1340. The van der Waals surface area contributed by atoms with Gasteiger partial charge in [0.05, 0.1) is 7.11 Å². The van der Waals surface area contributed by atoms with Crippen molar-refractivity contribution in [3.63, 3.8) is 0 Å². The van der Waals surface area contributed by atoms with Crippen LogP contribution in [0.25, 0.3) is 5.70 Å². The SMILES string of the molecule is C=C/C(=C\C=C(/C)n1nc(C(=O)NN=N)cc1C(=O)N(CCC)c1ccc(C(=O)N2CCNCC2)c(C)c1)OC. The van der Waals surface area contributed by atoms with Crippen LogP contribution in [0.15, 0.2) is 60.1 Å². The number of allylic oxidation sites excluding steroid dienone is 4. The molecular formula is C28H36N8O4. The lowest BCUT2D eigenvalue weighted by atomic mass is 10.1. The van der Waals surface area contributed by atoms with Crippen molar-refractivity contribution in [3.05, 3.63) is 77.3 Å². The molecule has 0 saturated carbocycles. The van der Waals surface area contributed by atoms with Crippen molar-refractivity contribution in [3.8, 4) is 0 Å². The zero-order chi connectivity index (χ0) is 29.2. The van der Waals surface area contributed by atoms with Gasteiger partial charge in [-0.1, -0.05) is 18.7 Å². The number of benzene rings is 1. The molecule has 1 fully saturated rings. The quantitative estimate of drug-likeness (QED) is 0.170. The smallest absolute Gasteiger partial charge is 0.293 e. The molecule has 212 valence electrons. The maximum absolute atomic E-state index is 14.0. The fourth-order valence-corrected chi connectivity index (χ4v) is 4.32. The van der Waals surface area contributed by atoms with Crippen molar-refractivity contribution in [1.29, 1.82) is 5.53 Å². The zero-order valence-electron chi connectivity index (χ0n) is 23.4. The van der Waals surface area contributed by atoms with E-state index in [2.05, 4.69) is 22.2 Å². The van der Waals surface area contributed by atoms with E-state index in [-0.39, 0.29) is 23.2 Å². The molecule has 0 atom stereocenters. The van der Waals surface area contributed by atoms with Crippen molar-refractivity contribution in [2.24, 2.45) is 5.22 Å². The predicted octanol–water partition coefficient (Wildman–Crippen LogP) is 3.55. The van der Waals surface area contributed by atoms with Crippen LogP contribution < -0.4 is 15.6 Å². The highest BCUT2D eigenvalue weighted by atomic mass is 16.5. The van der Waals surface area contributed by atoms with Gasteiger partial charge in [-0.2, -0.15) is 10.6 Å². The van der Waals surface area contributed by atoms with Gasteiger partial charge in [0.1, 0.15) is 11.5 Å². The fourth-order valence-electron chi connectivity index (χ4n) is 4.32. The van der Waals surface area contributed by atoms with Crippen LogP contribution in [0, 0.1) is 12.5 Å². The average molecular weight is 549 g/mol. The maximum Gasteiger partial charge on any atom is 0.293 e. The van der Waals surface area contributed by atoms with Crippen LogP contribution in [-0.4, -0.2) is 72.2 Å². The number of methoxy groups -OCH3 is 1. The second-order valence-corrected chi connectivity index (χ2v) is 9.16. The molecule has 1 aromatic heterocycles. The minimum atomic E-state index is -0.719. The van der Waals surface area contributed by atoms with Gasteiger partial charge in [-0.25, -0.2) is 10.1 Å². The Morgan fingerprint density at radius 2 is 1.98 bits per heavy atom. The third-order valence-electron chi connectivity index (χ3n) is 6.43. The molecule has 0 bridgehead atoms. The van der Waals surface area contributed by atoms with Crippen molar-refractivity contribution in [1.82, 2.24) is 25.4 Å². The summed E-state index contributed by atoms with van der Waals surface area (Å²) in [6, 6.07) is 6.72. The van der Waals surface area contributed by atoms with Gasteiger partial charge in [-0.3, -0.25) is 14.4 Å². The normalized spacial score (nSPS) is 13.9. The van der Waals surface area contributed by atoms with Crippen LogP contribution in [0.2, 0.25) is 0 Å². The highest BCUT2D eigenvalue weighted by Crippen LogP contribution is 2.24. The van der Waals surface area contributed by atoms with E-state index in [0.29, 0.717) is 48.8 Å². The van der Waals surface area contributed by atoms with Crippen LogP contribution in [0.4, 0.5) is 5.69 Å². The van der Waals surface area contributed by atoms with Crippen molar-refractivity contribution < 1.29 is 19.1 Å². The molecule has 0 spiro atoms. The van der Waals surface area contributed by atoms with Crippen LogP contribution in [0.3, 0.4) is 0 Å². The van der Waals surface area contributed by atoms with Gasteiger partial charge in [0.15, 0.2) is 5.69 Å². The van der Waals surface area contributed by atoms with Crippen LogP contribution in [-0.2, 0) is 4.74 Å². The Morgan fingerprint density at radius 1 is 1.25 bits per heavy atom. The summed E-state index contributed by atoms with van der Waals surface area (Å²) < 4.78 is 6.58. The number of aromatic nitrogens is 2. The number of amides is 3. The largest absolute Gasteiger partial charge is 0.497 e. The molecule has 0 radical (unpaired) electrons. The van der Waals surface area contributed by atoms with E-state index in [1.165, 1.54) is 23.9 Å². The van der Waals surface area contributed by atoms with E-state index in [1.807, 2.05) is 30.2 Å². The fraction of sp³-hybridized carbons (Fsp3) is 0.357. The maximum atomic E-state index is 14.0. The van der Waals surface area contributed by atoms with Gasteiger partial charge in [0, 0.05) is 55.7 Å². The summed E-state index contributed by atoms with van der Waals surface area (Å²) in [5.41, 5.74) is 11.6. The summed E-state index contributed by atoms with van der Waals surface area (Å²) in [4.78, 5) is 42.9. The minimum absolute atomic E-state index is 0.0313. The van der Waals surface area contributed by atoms with E-state index >= 15 is 0 Å². The lowest BCUT2D eigenvalue weighted by Gasteiger charge is -2.28. The molecule has 1 aliphatic heterocycles. The number of carbonyl (C=O) groups excluding carboxylic acids is 3. The number of carbonyl (C=O) groups is 3. The lowest BCUT2D eigenvalue weighted by molar-refractivity contribution is 0.0734.